The van der Waals surface area contributed by atoms with Gasteiger partial charge in [0.1, 0.15) is 5.75 Å². The standard InChI is InChI=1S/C30H38F2N4O4S/c1-39-20-23(37)18-35-14-11-21(12-15-35)34-26-7-4-8-28-25(26)16-22(36(28)19-30(31)32)6-5-13-33-27-10-9-24(41(3)38)17-29(27)40-2/h4,7-10,16-17,21,23,30,33-34,37H,11-15,18-20H2,1-3H3. The summed E-state index contributed by atoms with van der Waals surface area (Å²) in [4.78, 5) is 2.89. The molecule has 4 rings (SSSR count). The van der Waals surface area contributed by atoms with E-state index in [9.17, 15) is 18.1 Å². The number of likely N-dealkylation sites (tertiary alicyclic amines) is 1. The topological polar surface area (TPSA) is 88.0 Å². The average molecular weight is 589 g/mol. The lowest BCUT2D eigenvalue weighted by atomic mass is 10.0. The van der Waals surface area contributed by atoms with E-state index in [0.717, 1.165) is 37.0 Å². The maximum Gasteiger partial charge on any atom is 0.256 e. The van der Waals surface area contributed by atoms with E-state index in [4.69, 9.17) is 9.47 Å². The summed E-state index contributed by atoms with van der Waals surface area (Å²) in [6.45, 7) is 2.43. The predicted octanol–water partition coefficient (Wildman–Crippen LogP) is 4.00. The normalized spacial score (nSPS) is 15.9. The second-order valence-corrected chi connectivity index (χ2v) is 11.4. The number of fused-ring (bicyclic) bond motifs is 1. The maximum absolute atomic E-state index is 13.6. The molecule has 2 heterocycles. The van der Waals surface area contributed by atoms with E-state index < -0.39 is 29.9 Å². The van der Waals surface area contributed by atoms with Crippen molar-refractivity contribution in [2.45, 2.75) is 42.9 Å². The lowest BCUT2D eigenvalue weighted by molar-refractivity contribution is 0.0327. The first kappa shape index (κ1) is 30.8. The first-order valence-corrected chi connectivity index (χ1v) is 15.1. The summed E-state index contributed by atoms with van der Waals surface area (Å²) >= 11 is 0. The molecular formula is C30H38F2N4O4S. The molecule has 2 atom stereocenters. The summed E-state index contributed by atoms with van der Waals surface area (Å²) in [5.74, 6) is 6.67. The van der Waals surface area contributed by atoms with Gasteiger partial charge in [-0.2, -0.15) is 0 Å². The van der Waals surface area contributed by atoms with Gasteiger partial charge in [0.15, 0.2) is 0 Å². The quantitative estimate of drug-likeness (QED) is 0.276. The molecular weight excluding hydrogens is 550 g/mol. The highest BCUT2D eigenvalue weighted by Gasteiger charge is 2.22. The van der Waals surface area contributed by atoms with Crippen LogP contribution in [0.25, 0.3) is 10.9 Å². The summed E-state index contributed by atoms with van der Waals surface area (Å²) in [6, 6.07) is 13.1. The third kappa shape index (κ3) is 8.20. The molecule has 3 N–H and O–H groups in total. The summed E-state index contributed by atoms with van der Waals surface area (Å²) in [6.07, 6.45) is 0.395. The molecule has 1 aliphatic rings. The van der Waals surface area contributed by atoms with Gasteiger partial charge in [-0.05, 0) is 55.2 Å². The van der Waals surface area contributed by atoms with E-state index in [1.165, 1.54) is 0 Å². The van der Waals surface area contributed by atoms with Crippen LogP contribution < -0.4 is 15.4 Å². The molecule has 0 amide bonds. The molecule has 0 bridgehead atoms. The second-order valence-electron chi connectivity index (χ2n) is 10.1. The summed E-state index contributed by atoms with van der Waals surface area (Å²) in [7, 11) is 2.00. The first-order chi connectivity index (χ1) is 19.8. The van der Waals surface area contributed by atoms with Crippen molar-refractivity contribution >= 4 is 33.1 Å². The van der Waals surface area contributed by atoms with Gasteiger partial charge in [0, 0.05) is 65.8 Å². The Morgan fingerprint density at radius 3 is 2.59 bits per heavy atom. The molecule has 1 saturated heterocycles. The molecule has 0 radical (unpaired) electrons. The van der Waals surface area contributed by atoms with Crippen molar-refractivity contribution in [2.24, 2.45) is 0 Å². The van der Waals surface area contributed by atoms with Crippen LogP contribution >= 0.6 is 0 Å². The highest BCUT2D eigenvalue weighted by molar-refractivity contribution is 7.84. The number of piperidine rings is 1. The van der Waals surface area contributed by atoms with Crippen molar-refractivity contribution in [3.05, 3.63) is 48.2 Å². The third-order valence-corrected chi connectivity index (χ3v) is 8.05. The van der Waals surface area contributed by atoms with Crippen LogP contribution in [0.15, 0.2) is 47.4 Å². The van der Waals surface area contributed by atoms with Gasteiger partial charge >= 0.3 is 0 Å². The zero-order valence-corrected chi connectivity index (χ0v) is 24.5. The van der Waals surface area contributed by atoms with Crippen LogP contribution in [-0.4, -0.2) is 90.6 Å². The van der Waals surface area contributed by atoms with Crippen molar-refractivity contribution in [1.82, 2.24) is 9.47 Å². The lowest BCUT2D eigenvalue weighted by Gasteiger charge is -2.34. The molecule has 0 spiro atoms. The molecule has 1 aromatic heterocycles. The first-order valence-electron chi connectivity index (χ1n) is 13.6. The number of anilines is 2. The minimum Gasteiger partial charge on any atom is -0.495 e. The minimum absolute atomic E-state index is 0.236. The molecule has 0 saturated carbocycles. The van der Waals surface area contributed by atoms with Gasteiger partial charge in [-0.25, -0.2) is 8.78 Å². The number of aliphatic hydroxyl groups excluding tert-OH is 1. The van der Waals surface area contributed by atoms with E-state index in [-0.39, 0.29) is 12.6 Å². The Morgan fingerprint density at radius 2 is 1.90 bits per heavy atom. The van der Waals surface area contributed by atoms with Crippen LogP contribution in [0.5, 0.6) is 5.75 Å². The number of β-amino-alcohol motifs (C(OH)–C–C–N with tert-alkyl or cyclic N) is 1. The number of aromatic nitrogens is 1. The van der Waals surface area contributed by atoms with E-state index in [1.807, 2.05) is 24.3 Å². The Bertz CT molecular complexity index is 1400. The number of nitrogens with zero attached hydrogens (tertiary/aromatic N) is 2. The lowest BCUT2D eigenvalue weighted by Crippen LogP contribution is -2.43. The van der Waals surface area contributed by atoms with Crippen LogP contribution in [-0.2, 0) is 22.1 Å². The highest BCUT2D eigenvalue weighted by atomic mass is 32.2. The van der Waals surface area contributed by atoms with Gasteiger partial charge in [0.05, 0.1) is 49.8 Å². The van der Waals surface area contributed by atoms with Crippen LogP contribution in [0, 0.1) is 11.8 Å². The number of hydrogen-bond acceptors (Lipinski definition) is 7. The molecule has 11 heteroatoms. The molecule has 3 aromatic rings. The van der Waals surface area contributed by atoms with Crippen LogP contribution in [0.4, 0.5) is 20.2 Å². The number of hydrogen-bond donors (Lipinski definition) is 3. The molecule has 2 unspecified atom stereocenters. The van der Waals surface area contributed by atoms with Crippen LogP contribution in [0.2, 0.25) is 0 Å². The Kier molecular flexibility index (Phi) is 11.0. The van der Waals surface area contributed by atoms with E-state index >= 15 is 0 Å². The monoisotopic (exact) mass is 588 g/mol. The third-order valence-electron chi connectivity index (χ3n) is 7.13. The maximum atomic E-state index is 13.6. The van der Waals surface area contributed by atoms with E-state index in [0.29, 0.717) is 40.7 Å². The van der Waals surface area contributed by atoms with Gasteiger partial charge in [0.25, 0.3) is 6.43 Å². The SMILES string of the molecule is COCC(O)CN1CCC(Nc2cccc3c2cc(C#CCNc2ccc(S(C)=O)cc2OC)n3CC(F)F)CC1. The zero-order chi connectivity index (χ0) is 29.4. The van der Waals surface area contributed by atoms with Crippen molar-refractivity contribution in [2.75, 3.05) is 63.9 Å². The number of alkyl halides is 2. The number of nitrogens with one attached hydrogen (secondary N) is 2. The zero-order valence-electron chi connectivity index (χ0n) is 23.7. The molecule has 2 aromatic carbocycles. The van der Waals surface area contributed by atoms with Crippen molar-refractivity contribution in [3.63, 3.8) is 0 Å². The summed E-state index contributed by atoms with van der Waals surface area (Å²) in [5, 5.41) is 17.7. The van der Waals surface area contributed by atoms with Crippen LogP contribution in [0.3, 0.4) is 0 Å². The van der Waals surface area contributed by atoms with Gasteiger partial charge in [-0.15, -0.1) is 0 Å². The van der Waals surface area contributed by atoms with Crippen LogP contribution in [0.1, 0.15) is 18.5 Å². The largest absolute Gasteiger partial charge is 0.495 e. The molecule has 8 nitrogen and oxygen atoms in total. The number of aliphatic hydroxyl groups is 1. The molecule has 41 heavy (non-hydrogen) atoms. The number of benzene rings is 2. The highest BCUT2D eigenvalue weighted by Crippen LogP contribution is 2.30. The minimum atomic E-state index is -2.52. The number of rotatable bonds is 12. The van der Waals surface area contributed by atoms with E-state index in [1.54, 1.807) is 43.2 Å². The Hall–Kier alpha value is -3.17. The molecule has 1 aliphatic heterocycles. The van der Waals surface area contributed by atoms with Gasteiger partial charge in [0.2, 0.25) is 0 Å². The summed E-state index contributed by atoms with van der Waals surface area (Å²) < 4.78 is 50.9. The van der Waals surface area contributed by atoms with Crippen molar-refractivity contribution in [1.29, 1.82) is 0 Å². The van der Waals surface area contributed by atoms with Gasteiger partial charge in [-0.3, -0.25) is 4.21 Å². The smallest absolute Gasteiger partial charge is 0.256 e. The number of ether oxygens (including phenoxy) is 2. The van der Waals surface area contributed by atoms with E-state index in [2.05, 4.69) is 27.4 Å². The average Bonchev–Trinajstić information content (AvgIpc) is 3.29. The molecule has 222 valence electrons. The van der Waals surface area contributed by atoms with Crippen molar-refractivity contribution < 1.29 is 27.6 Å². The Morgan fingerprint density at radius 1 is 1.12 bits per heavy atom. The predicted molar refractivity (Wildman–Crippen MR) is 160 cm³/mol. The molecule has 0 aliphatic carbocycles. The van der Waals surface area contributed by atoms with Gasteiger partial charge < -0.3 is 34.7 Å². The molecule has 1 fully saturated rings. The fourth-order valence-electron chi connectivity index (χ4n) is 5.14. The Labute approximate surface area is 242 Å². The number of halogens is 2. The Balaban J connectivity index is 1.48. The van der Waals surface area contributed by atoms with Gasteiger partial charge in [-0.1, -0.05) is 12.0 Å². The second kappa shape index (κ2) is 14.6. The fraction of sp³-hybridized carbons (Fsp3) is 0.467. The van der Waals surface area contributed by atoms with Crippen molar-refractivity contribution in [3.8, 4) is 17.6 Å². The fourth-order valence-corrected chi connectivity index (χ4v) is 5.67. The summed E-state index contributed by atoms with van der Waals surface area (Å²) in [5.41, 5.74) is 2.82. The number of methoxy groups -OCH3 is 2.